The van der Waals surface area contributed by atoms with E-state index in [4.69, 9.17) is 0 Å². The zero-order valence-electron chi connectivity index (χ0n) is 13.3. The predicted octanol–water partition coefficient (Wildman–Crippen LogP) is 2.13. The van der Waals surface area contributed by atoms with Gasteiger partial charge in [0.25, 0.3) is 0 Å². The Labute approximate surface area is 135 Å². The first-order valence-corrected chi connectivity index (χ1v) is 8.28. The number of nitrogens with zero attached hydrogens (tertiary/aromatic N) is 3. The summed E-state index contributed by atoms with van der Waals surface area (Å²) in [7, 11) is 0. The number of aromatic nitrogens is 3. The summed E-state index contributed by atoms with van der Waals surface area (Å²) < 4.78 is 1.87. The number of thiazole rings is 1. The number of aryl methyl sites for hydroxylation is 2. The van der Waals surface area contributed by atoms with Gasteiger partial charge in [-0.25, -0.2) is 9.78 Å². The Morgan fingerprint density at radius 2 is 2.23 bits per heavy atom. The van der Waals surface area contributed by atoms with Gasteiger partial charge >= 0.3 is 6.03 Å². The molecule has 0 bridgehead atoms. The first-order valence-electron chi connectivity index (χ1n) is 7.46. The maximum absolute atomic E-state index is 11.8. The maximum atomic E-state index is 11.8. The summed E-state index contributed by atoms with van der Waals surface area (Å²) in [4.78, 5) is 17.5. The van der Waals surface area contributed by atoms with Crippen LogP contribution in [0.15, 0.2) is 18.5 Å². The van der Waals surface area contributed by atoms with Crippen LogP contribution in [0.4, 0.5) is 4.79 Å². The molecule has 2 N–H and O–H groups in total. The summed E-state index contributed by atoms with van der Waals surface area (Å²) in [5, 5.41) is 11.0. The fourth-order valence-electron chi connectivity index (χ4n) is 2.05. The minimum Gasteiger partial charge on any atom is -0.338 e. The number of hydrogen-bond acceptors (Lipinski definition) is 4. The third kappa shape index (κ3) is 5.14. The Hall–Kier alpha value is -1.89. The highest BCUT2D eigenvalue weighted by Crippen LogP contribution is 2.16. The lowest BCUT2D eigenvalue weighted by Gasteiger charge is -2.13. The molecule has 0 aromatic carbocycles. The van der Waals surface area contributed by atoms with Gasteiger partial charge in [-0.1, -0.05) is 6.92 Å². The van der Waals surface area contributed by atoms with Gasteiger partial charge in [0, 0.05) is 43.3 Å². The topological polar surface area (TPSA) is 71.8 Å². The quantitative estimate of drug-likeness (QED) is 0.820. The van der Waals surface area contributed by atoms with Crippen molar-refractivity contribution in [1.82, 2.24) is 25.4 Å². The van der Waals surface area contributed by atoms with Crippen molar-refractivity contribution in [3.05, 3.63) is 34.0 Å². The molecule has 0 spiro atoms. The molecule has 1 atom stereocenters. The second kappa shape index (κ2) is 7.93. The molecule has 2 rings (SSSR count). The fourth-order valence-corrected chi connectivity index (χ4v) is 2.98. The summed E-state index contributed by atoms with van der Waals surface area (Å²) in [6.07, 6.45) is 4.46. The molecule has 0 aliphatic rings. The van der Waals surface area contributed by atoms with Gasteiger partial charge in [-0.15, -0.1) is 11.3 Å². The van der Waals surface area contributed by atoms with Crippen molar-refractivity contribution in [1.29, 1.82) is 0 Å². The van der Waals surface area contributed by atoms with Crippen molar-refractivity contribution in [2.24, 2.45) is 5.92 Å². The van der Waals surface area contributed by atoms with Gasteiger partial charge in [-0.3, -0.25) is 4.68 Å². The normalized spacial score (nSPS) is 12.1. The molecular formula is C15H23N5OS. The molecule has 0 aliphatic heterocycles. The fraction of sp³-hybridized carbons (Fsp3) is 0.533. The molecule has 22 heavy (non-hydrogen) atoms. The molecular weight excluding hydrogens is 298 g/mol. The van der Waals surface area contributed by atoms with Gasteiger partial charge in [0.1, 0.15) is 0 Å². The molecule has 2 heterocycles. The average molecular weight is 321 g/mol. The van der Waals surface area contributed by atoms with Crippen molar-refractivity contribution in [2.45, 2.75) is 33.7 Å². The van der Waals surface area contributed by atoms with Crippen LogP contribution in [0.3, 0.4) is 0 Å². The summed E-state index contributed by atoms with van der Waals surface area (Å²) in [6, 6.07) is 1.77. The summed E-state index contributed by atoms with van der Waals surface area (Å²) in [5.74, 6) is 0.329. The van der Waals surface area contributed by atoms with Crippen molar-refractivity contribution in [3.63, 3.8) is 0 Å². The second-order valence-corrected chi connectivity index (χ2v) is 6.76. The van der Waals surface area contributed by atoms with Gasteiger partial charge in [0.15, 0.2) is 0 Å². The monoisotopic (exact) mass is 321 g/mol. The predicted molar refractivity (Wildman–Crippen MR) is 88.1 cm³/mol. The van der Waals surface area contributed by atoms with E-state index in [-0.39, 0.29) is 6.03 Å². The number of urea groups is 1. The number of nitrogens with one attached hydrogen (secondary N) is 2. The summed E-state index contributed by atoms with van der Waals surface area (Å²) >= 11 is 1.69. The van der Waals surface area contributed by atoms with Crippen LogP contribution in [0, 0.1) is 19.8 Å². The molecule has 120 valence electrons. The Morgan fingerprint density at radius 3 is 2.86 bits per heavy atom. The van der Waals surface area contributed by atoms with Crippen LogP contribution >= 0.6 is 11.3 Å². The molecule has 0 radical (unpaired) electrons. The van der Waals surface area contributed by atoms with Gasteiger partial charge in [-0.2, -0.15) is 5.10 Å². The highest BCUT2D eigenvalue weighted by molar-refractivity contribution is 7.11. The molecule has 7 heteroatoms. The number of amides is 2. The van der Waals surface area contributed by atoms with E-state index in [0.29, 0.717) is 19.0 Å². The minimum absolute atomic E-state index is 0.127. The van der Waals surface area contributed by atoms with Crippen LogP contribution in [0.2, 0.25) is 0 Å². The number of hydrogen-bond donors (Lipinski definition) is 2. The maximum Gasteiger partial charge on any atom is 0.314 e. The smallest absolute Gasteiger partial charge is 0.314 e. The van der Waals surface area contributed by atoms with Crippen LogP contribution < -0.4 is 10.6 Å². The first kappa shape index (κ1) is 16.5. The average Bonchev–Trinajstić information content (AvgIpc) is 3.07. The third-order valence-corrected chi connectivity index (χ3v) is 4.50. The molecule has 6 nitrogen and oxygen atoms in total. The van der Waals surface area contributed by atoms with Gasteiger partial charge in [-0.05, 0) is 25.8 Å². The Morgan fingerprint density at radius 1 is 1.41 bits per heavy atom. The van der Waals surface area contributed by atoms with Gasteiger partial charge in [0.05, 0.1) is 10.7 Å². The van der Waals surface area contributed by atoms with Crippen LogP contribution in [-0.4, -0.2) is 33.9 Å². The molecule has 0 aliphatic carbocycles. The lowest BCUT2D eigenvalue weighted by atomic mass is 10.2. The highest BCUT2D eigenvalue weighted by Gasteiger charge is 2.07. The van der Waals surface area contributed by atoms with Gasteiger partial charge < -0.3 is 10.6 Å². The van der Waals surface area contributed by atoms with Crippen molar-refractivity contribution in [2.75, 3.05) is 13.1 Å². The van der Waals surface area contributed by atoms with Crippen LogP contribution in [0.1, 0.15) is 22.5 Å². The van der Waals surface area contributed by atoms with Crippen molar-refractivity contribution < 1.29 is 4.79 Å². The molecule has 2 amide bonds. The van der Waals surface area contributed by atoms with E-state index in [1.54, 1.807) is 17.5 Å². The number of carbonyl (C=O) groups excluding carboxylic acids is 1. The number of rotatable bonds is 7. The van der Waals surface area contributed by atoms with E-state index < -0.39 is 0 Å². The highest BCUT2D eigenvalue weighted by atomic mass is 32.1. The second-order valence-electron chi connectivity index (χ2n) is 5.47. The first-order chi connectivity index (χ1) is 10.5. The van der Waals surface area contributed by atoms with Crippen molar-refractivity contribution in [3.8, 4) is 0 Å². The van der Waals surface area contributed by atoms with E-state index >= 15 is 0 Å². The zero-order chi connectivity index (χ0) is 15.9. The molecule has 1 unspecified atom stereocenters. The number of carbonyl (C=O) groups is 1. The Kier molecular flexibility index (Phi) is 5.94. The van der Waals surface area contributed by atoms with Crippen LogP contribution in [-0.2, 0) is 13.0 Å². The molecule has 0 fully saturated rings. The summed E-state index contributed by atoms with van der Waals surface area (Å²) in [5.41, 5.74) is 1.08. The third-order valence-electron chi connectivity index (χ3n) is 3.37. The summed E-state index contributed by atoms with van der Waals surface area (Å²) in [6.45, 7) is 8.19. The van der Waals surface area contributed by atoms with Gasteiger partial charge in [0.2, 0.25) is 0 Å². The SMILES string of the molecule is Cc1nc(CCNC(=O)NCC(C)Cn2cccn2)sc1C. The standard InChI is InChI=1S/C15H23N5OS/c1-11(10-20-8-4-6-18-20)9-17-15(21)16-7-5-14-19-12(2)13(3)22-14/h4,6,8,11H,5,7,9-10H2,1-3H3,(H2,16,17,21). The van der Waals surface area contributed by atoms with E-state index in [1.807, 2.05) is 23.9 Å². The Balaban J connectivity index is 1.61. The van der Waals surface area contributed by atoms with Crippen LogP contribution in [0.25, 0.3) is 0 Å². The van der Waals surface area contributed by atoms with E-state index in [0.717, 1.165) is 23.7 Å². The molecule has 0 saturated carbocycles. The lowest BCUT2D eigenvalue weighted by Crippen LogP contribution is -2.39. The van der Waals surface area contributed by atoms with E-state index in [1.165, 1.54) is 4.88 Å². The lowest BCUT2D eigenvalue weighted by molar-refractivity contribution is 0.238. The molecule has 0 saturated heterocycles. The zero-order valence-corrected chi connectivity index (χ0v) is 14.1. The largest absolute Gasteiger partial charge is 0.338 e. The minimum atomic E-state index is -0.127. The molecule has 2 aromatic rings. The molecule has 2 aromatic heterocycles. The van der Waals surface area contributed by atoms with Crippen molar-refractivity contribution >= 4 is 17.4 Å². The Bertz CT molecular complexity index is 574. The van der Waals surface area contributed by atoms with Crippen LogP contribution in [0.5, 0.6) is 0 Å². The van der Waals surface area contributed by atoms with E-state index in [9.17, 15) is 4.79 Å². The van der Waals surface area contributed by atoms with E-state index in [2.05, 4.69) is 34.6 Å².